The highest BCUT2D eigenvalue weighted by atomic mass is 16.5. The molecule has 0 radical (unpaired) electrons. The molecule has 3 heterocycles. The summed E-state index contributed by atoms with van der Waals surface area (Å²) in [6, 6.07) is 7.91. The van der Waals surface area contributed by atoms with Crippen LogP contribution in [0.1, 0.15) is 58.3 Å². The van der Waals surface area contributed by atoms with Crippen molar-refractivity contribution in [2.45, 2.75) is 44.9 Å². The Morgan fingerprint density at radius 3 is 2.89 bits per heavy atom. The van der Waals surface area contributed by atoms with Gasteiger partial charge in [0, 0.05) is 43.9 Å². The van der Waals surface area contributed by atoms with Gasteiger partial charge in [-0.15, -0.1) is 0 Å². The Labute approximate surface area is 160 Å². The Bertz CT molecular complexity index is 800. The van der Waals surface area contributed by atoms with Crippen molar-refractivity contribution >= 4 is 5.91 Å². The largest absolute Gasteiger partial charge is 0.380 e. The van der Waals surface area contributed by atoms with Crippen molar-refractivity contribution in [3.8, 4) is 0 Å². The molecule has 2 aromatic rings. The van der Waals surface area contributed by atoms with Gasteiger partial charge >= 0.3 is 0 Å². The predicted molar refractivity (Wildman–Crippen MR) is 102 cm³/mol. The van der Waals surface area contributed by atoms with Crippen LogP contribution in [-0.2, 0) is 24.3 Å². The van der Waals surface area contributed by atoms with E-state index in [0.717, 1.165) is 42.0 Å². The maximum atomic E-state index is 12.8. The maximum absolute atomic E-state index is 12.8. The molecule has 0 bridgehead atoms. The molecule has 142 valence electrons. The molecule has 1 atom stereocenters. The second-order valence-corrected chi connectivity index (χ2v) is 7.31. The maximum Gasteiger partial charge on any atom is 0.254 e. The van der Waals surface area contributed by atoms with E-state index >= 15 is 0 Å². The SMILES string of the molecule is COCc1ccc(C(=O)N2CCc3nc(C4CCCCN4)ncc3C2)cc1. The molecule has 1 amide bonds. The second kappa shape index (κ2) is 8.15. The summed E-state index contributed by atoms with van der Waals surface area (Å²) < 4.78 is 5.12. The van der Waals surface area contributed by atoms with Crippen molar-refractivity contribution in [2.75, 3.05) is 20.2 Å². The highest BCUT2D eigenvalue weighted by molar-refractivity contribution is 5.94. The average molecular weight is 366 g/mol. The van der Waals surface area contributed by atoms with E-state index in [2.05, 4.69) is 10.3 Å². The van der Waals surface area contributed by atoms with E-state index in [-0.39, 0.29) is 11.9 Å². The Morgan fingerprint density at radius 1 is 1.30 bits per heavy atom. The van der Waals surface area contributed by atoms with Crippen LogP contribution in [0.15, 0.2) is 30.5 Å². The molecule has 4 rings (SSSR count). The molecule has 1 aromatic carbocycles. The van der Waals surface area contributed by atoms with Crippen LogP contribution in [0.2, 0.25) is 0 Å². The van der Waals surface area contributed by atoms with Crippen LogP contribution < -0.4 is 5.32 Å². The van der Waals surface area contributed by atoms with Crippen molar-refractivity contribution in [3.63, 3.8) is 0 Å². The van der Waals surface area contributed by atoms with Gasteiger partial charge < -0.3 is 15.0 Å². The van der Waals surface area contributed by atoms with Gasteiger partial charge in [-0.3, -0.25) is 4.79 Å². The molecule has 1 unspecified atom stereocenters. The minimum atomic E-state index is 0.0580. The summed E-state index contributed by atoms with van der Waals surface area (Å²) in [6.07, 6.45) is 6.25. The zero-order chi connectivity index (χ0) is 18.6. The summed E-state index contributed by atoms with van der Waals surface area (Å²) in [7, 11) is 1.67. The topological polar surface area (TPSA) is 67.3 Å². The molecule has 1 N–H and O–H groups in total. The number of hydrogen-bond acceptors (Lipinski definition) is 5. The lowest BCUT2D eigenvalue weighted by molar-refractivity contribution is 0.0733. The number of nitrogens with one attached hydrogen (secondary N) is 1. The Morgan fingerprint density at radius 2 is 2.15 bits per heavy atom. The molecule has 6 heteroatoms. The number of ether oxygens (including phenoxy) is 1. The van der Waals surface area contributed by atoms with Crippen LogP contribution in [0.3, 0.4) is 0 Å². The van der Waals surface area contributed by atoms with Crippen LogP contribution in [0.5, 0.6) is 0 Å². The number of nitrogens with zero attached hydrogens (tertiary/aromatic N) is 3. The highest BCUT2D eigenvalue weighted by Crippen LogP contribution is 2.24. The van der Waals surface area contributed by atoms with E-state index in [1.807, 2.05) is 35.4 Å². The smallest absolute Gasteiger partial charge is 0.254 e. The number of hydrogen-bond donors (Lipinski definition) is 1. The van der Waals surface area contributed by atoms with Gasteiger partial charge in [0.1, 0.15) is 5.82 Å². The first-order valence-electron chi connectivity index (χ1n) is 9.70. The van der Waals surface area contributed by atoms with E-state index in [1.165, 1.54) is 12.8 Å². The first kappa shape index (κ1) is 18.1. The number of piperidine rings is 1. The van der Waals surface area contributed by atoms with Crippen LogP contribution in [0, 0.1) is 0 Å². The van der Waals surface area contributed by atoms with Crippen molar-refractivity contribution < 1.29 is 9.53 Å². The number of fused-ring (bicyclic) bond motifs is 1. The first-order chi connectivity index (χ1) is 13.2. The molecular weight excluding hydrogens is 340 g/mol. The molecule has 0 saturated carbocycles. The van der Waals surface area contributed by atoms with Crippen LogP contribution in [-0.4, -0.2) is 41.0 Å². The van der Waals surface area contributed by atoms with Gasteiger partial charge in [-0.25, -0.2) is 9.97 Å². The van der Waals surface area contributed by atoms with E-state index in [0.29, 0.717) is 25.3 Å². The third-order valence-electron chi connectivity index (χ3n) is 5.37. The number of amides is 1. The van der Waals surface area contributed by atoms with Crippen molar-refractivity contribution in [1.82, 2.24) is 20.2 Å². The summed E-state index contributed by atoms with van der Waals surface area (Å²) in [5.74, 6) is 0.963. The molecule has 1 fully saturated rings. The molecule has 0 aliphatic carbocycles. The van der Waals surface area contributed by atoms with E-state index < -0.39 is 0 Å². The summed E-state index contributed by atoms with van der Waals surface area (Å²) in [4.78, 5) is 24.1. The highest BCUT2D eigenvalue weighted by Gasteiger charge is 2.25. The Kier molecular flexibility index (Phi) is 5.45. The van der Waals surface area contributed by atoms with Gasteiger partial charge in [0.05, 0.1) is 18.3 Å². The van der Waals surface area contributed by atoms with Gasteiger partial charge in [0.2, 0.25) is 0 Å². The molecule has 1 saturated heterocycles. The van der Waals surface area contributed by atoms with Gasteiger partial charge in [-0.2, -0.15) is 0 Å². The number of carbonyl (C=O) groups is 1. The number of rotatable bonds is 4. The van der Waals surface area contributed by atoms with E-state index in [1.54, 1.807) is 7.11 Å². The lowest BCUT2D eigenvalue weighted by Crippen LogP contribution is -2.37. The van der Waals surface area contributed by atoms with Gasteiger partial charge in [0.25, 0.3) is 5.91 Å². The first-order valence-corrected chi connectivity index (χ1v) is 9.70. The Hall–Kier alpha value is -2.31. The van der Waals surface area contributed by atoms with E-state index in [4.69, 9.17) is 9.72 Å². The predicted octanol–water partition coefficient (Wildman–Crippen LogP) is 2.64. The van der Waals surface area contributed by atoms with Crippen molar-refractivity contribution in [1.29, 1.82) is 0 Å². The fourth-order valence-electron chi connectivity index (χ4n) is 3.84. The van der Waals surface area contributed by atoms with E-state index in [9.17, 15) is 4.79 Å². The average Bonchev–Trinajstić information content (AvgIpc) is 2.74. The fourth-order valence-corrected chi connectivity index (χ4v) is 3.84. The summed E-state index contributed by atoms with van der Waals surface area (Å²) in [6.45, 7) is 2.87. The zero-order valence-electron chi connectivity index (χ0n) is 15.8. The van der Waals surface area contributed by atoms with Crippen molar-refractivity contribution in [3.05, 3.63) is 58.7 Å². The monoisotopic (exact) mass is 366 g/mol. The molecule has 2 aliphatic heterocycles. The second-order valence-electron chi connectivity index (χ2n) is 7.31. The number of carbonyl (C=O) groups excluding carboxylic acids is 1. The normalized spacial score (nSPS) is 19.6. The van der Waals surface area contributed by atoms with Crippen LogP contribution in [0.25, 0.3) is 0 Å². The molecule has 2 aliphatic rings. The van der Waals surface area contributed by atoms with Gasteiger partial charge in [-0.1, -0.05) is 18.6 Å². The van der Waals surface area contributed by atoms with Gasteiger partial charge in [0.15, 0.2) is 0 Å². The minimum Gasteiger partial charge on any atom is -0.380 e. The molecule has 1 aromatic heterocycles. The summed E-state index contributed by atoms with van der Waals surface area (Å²) in [5, 5.41) is 3.51. The summed E-state index contributed by atoms with van der Waals surface area (Å²) in [5.41, 5.74) is 3.93. The molecule has 6 nitrogen and oxygen atoms in total. The number of benzene rings is 1. The van der Waals surface area contributed by atoms with Crippen molar-refractivity contribution in [2.24, 2.45) is 0 Å². The quantitative estimate of drug-likeness (QED) is 0.901. The molecule has 0 spiro atoms. The van der Waals surface area contributed by atoms with Gasteiger partial charge in [-0.05, 0) is 37.1 Å². The number of aromatic nitrogens is 2. The third-order valence-corrected chi connectivity index (χ3v) is 5.37. The summed E-state index contributed by atoms with van der Waals surface area (Å²) >= 11 is 0. The number of methoxy groups -OCH3 is 1. The van der Waals surface area contributed by atoms with Crippen LogP contribution >= 0.6 is 0 Å². The van der Waals surface area contributed by atoms with Crippen LogP contribution in [0.4, 0.5) is 0 Å². The lowest BCUT2D eigenvalue weighted by Gasteiger charge is -2.29. The zero-order valence-corrected chi connectivity index (χ0v) is 15.8. The minimum absolute atomic E-state index is 0.0580. The third kappa shape index (κ3) is 4.01. The fraction of sp³-hybridized carbons (Fsp3) is 0.476. The molecule has 27 heavy (non-hydrogen) atoms. The Balaban J connectivity index is 1.45. The standard InChI is InChI=1S/C21H26N4O2/c1-27-14-15-5-7-16(8-6-15)21(26)25-11-9-18-17(13-25)12-23-20(24-18)19-4-2-3-10-22-19/h5-8,12,19,22H,2-4,9-11,13-14H2,1H3. The lowest BCUT2D eigenvalue weighted by atomic mass is 10.0. The molecular formula is C21H26N4O2.